The Balaban J connectivity index is 1.18. The summed E-state index contributed by atoms with van der Waals surface area (Å²) in [5, 5.41) is 2.78. The molecule has 2 bridgehead atoms. The number of carbonyl (C=O) groups excluding carboxylic acids is 1. The van der Waals surface area contributed by atoms with Crippen LogP contribution in [0.1, 0.15) is 30.5 Å². The molecule has 2 aliphatic heterocycles. The fraction of sp³-hybridized carbons (Fsp3) is 0.258. The molecular formula is C31H30N4O2. The molecule has 0 saturated carbocycles. The molecule has 1 fully saturated rings. The molecule has 4 aromatic rings. The summed E-state index contributed by atoms with van der Waals surface area (Å²) in [6.07, 6.45) is 2.96. The van der Waals surface area contributed by atoms with Crippen molar-refractivity contribution < 1.29 is 4.79 Å². The zero-order valence-electron chi connectivity index (χ0n) is 20.9. The minimum absolute atomic E-state index is 0.0815. The number of nitrogens with zero attached hydrogens (tertiary/aromatic N) is 3. The third-order valence-electron chi connectivity index (χ3n) is 7.52. The molecule has 2 aromatic carbocycles. The van der Waals surface area contributed by atoms with E-state index in [1.165, 1.54) is 12.5 Å². The number of anilines is 1. The summed E-state index contributed by atoms with van der Waals surface area (Å²) < 4.78 is 2.01. The Morgan fingerprint density at radius 1 is 0.919 bits per heavy atom. The molecule has 6 nitrogen and oxygen atoms in total. The molecule has 2 unspecified atom stereocenters. The van der Waals surface area contributed by atoms with E-state index in [-0.39, 0.29) is 11.5 Å². The molecule has 0 radical (unpaired) electrons. The Kier molecular flexibility index (Phi) is 6.18. The van der Waals surface area contributed by atoms with Crippen LogP contribution in [0.15, 0.2) is 89.9 Å². The number of rotatable bonds is 5. The Morgan fingerprint density at radius 2 is 1.70 bits per heavy atom. The number of carbonyl (C=O) groups is 1. The van der Waals surface area contributed by atoms with Crippen LogP contribution in [0.5, 0.6) is 0 Å². The molecule has 2 aliphatic rings. The zero-order chi connectivity index (χ0) is 25.4. The number of nitrogens with one attached hydrogen (secondary N) is 1. The molecular weight excluding hydrogens is 460 g/mol. The maximum atomic E-state index is 13.5. The predicted octanol–water partition coefficient (Wildman–Crippen LogP) is 5.16. The van der Waals surface area contributed by atoms with Gasteiger partial charge >= 0.3 is 0 Å². The largest absolute Gasteiger partial charge is 0.326 e. The van der Waals surface area contributed by atoms with Gasteiger partial charge < -0.3 is 9.88 Å². The first-order valence-electron chi connectivity index (χ1n) is 12.9. The Hall–Kier alpha value is -4.03. The Morgan fingerprint density at radius 3 is 2.43 bits per heavy atom. The smallest absolute Gasteiger partial charge is 0.258 e. The number of hydrogen-bond donors (Lipinski definition) is 1. The molecule has 1 saturated heterocycles. The third-order valence-corrected chi connectivity index (χ3v) is 7.52. The average molecular weight is 491 g/mol. The van der Waals surface area contributed by atoms with E-state index in [2.05, 4.69) is 45.5 Å². The third kappa shape index (κ3) is 4.85. The first kappa shape index (κ1) is 23.4. The van der Waals surface area contributed by atoms with E-state index in [0.717, 1.165) is 60.8 Å². The van der Waals surface area contributed by atoms with Gasteiger partial charge in [0.05, 0.1) is 5.69 Å². The second-order valence-corrected chi connectivity index (χ2v) is 10.3. The van der Waals surface area contributed by atoms with E-state index in [1.54, 1.807) is 0 Å². The quantitative estimate of drug-likeness (QED) is 0.420. The number of fused-ring (bicyclic) bond motifs is 4. The number of pyridine rings is 2. The highest BCUT2D eigenvalue weighted by atomic mass is 16.1. The average Bonchev–Trinajstić information content (AvgIpc) is 2.90. The lowest BCUT2D eigenvalue weighted by molar-refractivity contribution is -0.114. The molecule has 6 rings (SSSR count). The molecule has 2 aromatic heterocycles. The summed E-state index contributed by atoms with van der Waals surface area (Å²) >= 11 is 0. The maximum Gasteiger partial charge on any atom is 0.258 e. The van der Waals surface area contributed by atoms with Crippen LogP contribution >= 0.6 is 0 Å². The minimum atomic E-state index is -0.108. The van der Waals surface area contributed by atoms with E-state index < -0.39 is 0 Å². The van der Waals surface area contributed by atoms with Crippen molar-refractivity contribution in [3.63, 3.8) is 0 Å². The first-order chi connectivity index (χ1) is 18.0. The summed E-state index contributed by atoms with van der Waals surface area (Å²) in [6.45, 7) is 5.12. The summed E-state index contributed by atoms with van der Waals surface area (Å²) in [5.74, 6) is 0.724. The lowest BCUT2D eigenvalue weighted by Gasteiger charge is -2.43. The number of hydrogen-bond acceptors (Lipinski definition) is 4. The van der Waals surface area contributed by atoms with Crippen molar-refractivity contribution in [1.29, 1.82) is 0 Å². The number of piperidine rings is 1. The first-order valence-corrected chi connectivity index (χ1v) is 12.9. The van der Waals surface area contributed by atoms with Crippen LogP contribution in [-0.4, -0.2) is 33.4 Å². The van der Waals surface area contributed by atoms with Crippen molar-refractivity contribution in [3.8, 4) is 22.4 Å². The van der Waals surface area contributed by atoms with Crippen molar-refractivity contribution in [2.75, 3.05) is 18.4 Å². The zero-order valence-corrected chi connectivity index (χ0v) is 20.9. The van der Waals surface area contributed by atoms with E-state index in [9.17, 15) is 9.59 Å². The maximum absolute atomic E-state index is 13.5. The SMILES string of the molecule is CC(=O)Nc1ccc(-c2ccc3n(c2=O)CC2CC3CN(Cc3ccc(-c4ccccn4)cc3)C2)cc1. The Bertz CT molecular complexity index is 1480. The fourth-order valence-electron chi connectivity index (χ4n) is 5.90. The molecule has 4 heterocycles. The van der Waals surface area contributed by atoms with Gasteiger partial charge in [-0.15, -0.1) is 0 Å². The highest BCUT2D eigenvalue weighted by molar-refractivity contribution is 5.89. The molecule has 0 aliphatic carbocycles. The van der Waals surface area contributed by atoms with Gasteiger partial charge in [-0.1, -0.05) is 42.5 Å². The Labute approximate surface area is 216 Å². The van der Waals surface area contributed by atoms with Crippen molar-refractivity contribution in [2.45, 2.75) is 32.4 Å². The lowest BCUT2D eigenvalue weighted by Crippen LogP contribution is -2.46. The van der Waals surface area contributed by atoms with E-state index in [0.29, 0.717) is 17.4 Å². The van der Waals surface area contributed by atoms with Gasteiger partial charge in [-0.25, -0.2) is 0 Å². The molecule has 186 valence electrons. The summed E-state index contributed by atoms with van der Waals surface area (Å²) in [4.78, 5) is 31.8. The molecule has 6 heteroatoms. The standard InChI is InChI=1S/C31H30N4O2/c1-21(36)33-27-11-9-24(10-12-27)28-13-14-30-26-16-23(19-35(30)31(28)37)18-34(20-26)17-22-5-7-25(8-6-22)29-4-2-3-15-32-29/h2-15,23,26H,16-20H2,1H3,(H,33,36). The van der Waals surface area contributed by atoms with Gasteiger partial charge in [0.1, 0.15) is 0 Å². The highest BCUT2D eigenvalue weighted by Crippen LogP contribution is 2.36. The van der Waals surface area contributed by atoms with Gasteiger partial charge in [-0.3, -0.25) is 19.5 Å². The fourth-order valence-corrected chi connectivity index (χ4v) is 5.90. The second-order valence-electron chi connectivity index (χ2n) is 10.3. The topological polar surface area (TPSA) is 67.2 Å². The lowest BCUT2D eigenvalue weighted by atomic mass is 9.82. The van der Waals surface area contributed by atoms with Crippen LogP contribution < -0.4 is 10.9 Å². The van der Waals surface area contributed by atoms with Crippen LogP contribution in [0.3, 0.4) is 0 Å². The predicted molar refractivity (Wildman–Crippen MR) is 146 cm³/mol. The van der Waals surface area contributed by atoms with Crippen LogP contribution in [0, 0.1) is 5.92 Å². The summed E-state index contributed by atoms with van der Waals surface area (Å²) in [6, 6.07) is 26.3. The van der Waals surface area contributed by atoms with Crippen LogP contribution in [-0.2, 0) is 17.9 Å². The van der Waals surface area contributed by atoms with Gasteiger partial charge in [-0.05, 0) is 59.9 Å². The number of likely N-dealkylation sites (tertiary alicyclic amines) is 1. The van der Waals surface area contributed by atoms with Crippen molar-refractivity contribution >= 4 is 11.6 Å². The normalized spacial score (nSPS) is 18.7. The van der Waals surface area contributed by atoms with E-state index in [1.807, 2.05) is 59.3 Å². The van der Waals surface area contributed by atoms with Crippen LogP contribution in [0.4, 0.5) is 5.69 Å². The van der Waals surface area contributed by atoms with Gasteiger partial charge in [0.15, 0.2) is 0 Å². The van der Waals surface area contributed by atoms with E-state index in [4.69, 9.17) is 0 Å². The van der Waals surface area contributed by atoms with Gasteiger partial charge in [0, 0.05) is 67.7 Å². The molecule has 37 heavy (non-hydrogen) atoms. The van der Waals surface area contributed by atoms with Crippen molar-refractivity contribution in [1.82, 2.24) is 14.5 Å². The second kappa shape index (κ2) is 9.79. The number of amides is 1. The highest BCUT2D eigenvalue weighted by Gasteiger charge is 2.35. The molecule has 2 atom stereocenters. The van der Waals surface area contributed by atoms with Crippen LogP contribution in [0.2, 0.25) is 0 Å². The van der Waals surface area contributed by atoms with Crippen LogP contribution in [0.25, 0.3) is 22.4 Å². The van der Waals surface area contributed by atoms with Gasteiger partial charge in [0.25, 0.3) is 5.56 Å². The molecule has 1 N–H and O–H groups in total. The number of aromatic nitrogens is 2. The van der Waals surface area contributed by atoms with Gasteiger partial charge in [-0.2, -0.15) is 0 Å². The number of benzene rings is 2. The molecule has 1 amide bonds. The summed E-state index contributed by atoms with van der Waals surface area (Å²) in [5.41, 5.74) is 6.97. The van der Waals surface area contributed by atoms with Gasteiger partial charge in [0.2, 0.25) is 5.91 Å². The van der Waals surface area contributed by atoms with E-state index >= 15 is 0 Å². The summed E-state index contributed by atoms with van der Waals surface area (Å²) in [7, 11) is 0. The molecule has 0 spiro atoms. The monoisotopic (exact) mass is 490 g/mol. The van der Waals surface area contributed by atoms with Crippen molar-refractivity contribution in [3.05, 3.63) is 107 Å². The van der Waals surface area contributed by atoms with Crippen molar-refractivity contribution in [2.24, 2.45) is 5.92 Å². The minimum Gasteiger partial charge on any atom is -0.326 e.